The molecule has 6 rings (SSSR count). The molecule has 0 bridgehead atoms. The van der Waals surface area contributed by atoms with Crippen molar-refractivity contribution < 1.29 is 8.78 Å². The molecule has 4 nitrogen and oxygen atoms in total. The van der Waals surface area contributed by atoms with Crippen molar-refractivity contribution in [3.8, 4) is 0 Å². The number of halogens is 2. The molecule has 0 amide bonds. The van der Waals surface area contributed by atoms with Crippen LogP contribution in [0.3, 0.4) is 0 Å². The van der Waals surface area contributed by atoms with Crippen LogP contribution in [0.4, 0.5) is 8.78 Å². The fourth-order valence-electron chi connectivity index (χ4n) is 6.20. The van der Waals surface area contributed by atoms with Gasteiger partial charge in [-0.1, -0.05) is 54.6 Å². The molecule has 0 saturated carbocycles. The summed E-state index contributed by atoms with van der Waals surface area (Å²) < 4.78 is 29.5. The average molecular weight is 551 g/mol. The normalized spacial score (nSPS) is 14.7. The van der Waals surface area contributed by atoms with Gasteiger partial charge in [0.15, 0.2) is 5.65 Å². The molecule has 41 heavy (non-hydrogen) atoms. The first-order valence-corrected chi connectivity index (χ1v) is 14.7. The van der Waals surface area contributed by atoms with Crippen LogP contribution in [0.15, 0.2) is 97.2 Å². The Morgan fingerprint density at radius 2 is 1.44 bits per heavy atom. The maximum Gasteiger partial charge on any atom is 0.160 e. The summed E-state index contributed by atoms with van der Waals surface area (Å²) >= 11 is 0. The summed E-state index contributed by atoms with van der Waals surface area (Å²) in [4.78, 5) is 12.2. The van der Waals surface area contributed by atoms with Crippen LogP contribution in [-0.2, 0) is 13.0 Å². The van der Waals surface area contributed by atoms with E-state index in [0.717, 1.165) is 86.4 Å². The van der Waals surface area contributed by atoms with Crippen molar-refractivity contribution >= 4 is 11.2 Å². The summed E-state index contributed by atoms with van der Waals surface area (Å²) in [6.07, 6.45) is 7.09. The van der Waals surface area contributed by atoms with Gasteiger partial charge in [0.1, 0.15) is 23.0 Å². The van der Waals surface area contributed by atoms with Crippen molar-refractivity contribution in [3.63, 3.8) is 0 Å². The van der Waals surface area contributed by atoms with Crippen LogP contribution in [-0.4, -0.2) is 39.1 Å². The second-order valence-electron chi connectivity index (χ2n) is 11.2. The number of benzene rings is 3. The molecular formula is C35H36F2N4. The minimum Gasteiger partial charge on any atom is -0.308 e. The number of imidazole rings is 1. The third-order valence-electron chi connectivity index (χ3n) is 8.46. The van der Waals surface area contributed by atoms with Gasteiger partial charge in [-0.05, 0) is 104 Å². The molecule has 5 aromatic rings. The molecule has 0 atom stereocenters. The molecule has 2 aromatic heterocycles. The van der Waals surface area contributed by atoms with Crippen molar-refractivity contribution in [3.05, 3.63) is 131 Å². The molecule has 1 saturated heterocycles. The highest BCUT2D eigenvalue weighted by Gasteiger charge is 2.23. The summed E-state index contributed by atoms with van der Waals surface area (Å²) in [6, 6.07) is 28.0. The Morgan fingerprint density at radius 1 is 0.780 bits per heavy atom. The van der Waals surface area contributed by atoms with Crippen LogP contribution in [0.5, 0.6) is 0 Å². The molecule has 0 radical (unpaired) electrons. The molecule has 1 fully saturated rings. The molecule has 3 aromatic carbocycles. The first-order valence-electron chi connectivity index (χ1n) is 14.7. The van der Waals surface area contributed by atoms with Crippen LogP contribution in [0, 0.1) is 17.6 Å². The number of hydrogen-bond acceptors (Lipinski definition) is 3. The third-order valence-corrected chi connectivity index (χ3v) is 8.46. The van der Waals surface area contributed by atoms with Gasteiger partial charge in [0.25, 0.3) is 0 Å². The number of hydrogen-bond donors (Lipinski definition) is 0. The summed E-state index contributed by atoms with van der Waals surface area (Å²) in [5.74, 6) is 1.38. The van der Waals surface area contributed by atoms with Crippen LogP contribution in [0.25, 0.3) is 11.2 Å². The van der Waals surface area contributed by atoms with Gasteiger partial charge >= 0.3 is 0 Å². The maximum atomic E-state index is 13.6. The van der Waals surface area contributed by atoms with Crippen molar-refractivity contribution in [1.29, 1.82) is 0 Å². The highest BCUT2D eigenvalue weighted by molar-refractivity contribution is 5.71. The molecule has 0 aliphatic carbocycles. The summed E-state index contributed by atoms with van der Waals surface area (Å²) in [6.45, 7) is 3.98. The van der Waals surface area contributed by atoms with Gasteiger partial charge in [0.2, 0.25) is 0 Å². The monoisotopic (exact) mass is 550 g/mol. The molecular weight excluding hydrogens is 514 g/mol. The zero-order chi connectivity index (χ0) is 28.0. The summed E-state index contributed by atoms with van der Waals surface area (Å²) in [7, 11) is 0. The fourth-order valence-corrected chi connectivity index (χ4v) is 6.20. The lowest BCUT2D eigenvalue weighted by Gasteiger charge is -2.32. The van der Waals surface area contributed by atoms with Gasteiger partial charge in [-0.2, -0.15) is 0 Å². The zero-order valence-electron chi connectivity index (χ0n) is 23.3. The van der Waals surface area contributed by atoms with Gasteiger partial charge in [-0.25, -0.2) is 18.7 Å². The minimum absolute atomic E-state index is 0.125. The van der Waals surface area contributed by atoms with Crippen LogP contribution in [0.2, 0.25) is 0 Å². The van der Waals surface area contributed by atoms with Crippen molar-refractivity contribution in [2.45, 2.75) is 44.6 Å². The van der Waals surface area contributed by atoms with E-state index in [0.29, 0.717) is 5.92 Å². The molecule has 1 aliphatic rings. The number of likely N-dealkylation sites (tertiary alicyclic amines) is 1. The van der Waals surface area contributed by atoms with Crippen LogP contribution in [0.1, 0.15) is 54.1 Å². The molecule has 210 valence electrons. The lowest BCUT2D eigenvalue weighted by atomic mass is 9.87. The number of aromatic nitrogens is 3. The van der Waals surface area contributed by atoms with E-state index in [1.54, 1.807) is 0 Å². The van der Waals surface area contributed by atoms with Gasteiger partial charge in [-0.3, -0.25) is 0 Å². The van der Waals surface area contributed by atoms with Crippen molar-refractivity contribution in [2.24, 2.45) is 5.92 Å². The lowest BCUT2D eigenvalue weighted by molar-refractivity contribution is 0.179. The molecule has 0 N–H and O–H groups in total. The van der Waals surface area contributed by atoms with Crippen molar-refractivity contribution in [1.82, 2.24) is 19.4 Å². The Bertz CT molecular complexity index is 1490. The number of piperidine rings is 1. The smallest absolute Gasteiger partial charge is 0.160 e. The van der Waals surface area contributed by atoms with E-state index in [9.17, 15) is 8.78 Å². The predicted octanol–water partition coefficient (Wildman–Crippen LogP) is 7.62. The first kappa shape index (κ1) is 27.3. The lowest BCUT2D eigenvalue weighted by Crippen LogP contribution is -2.35. The molecule has 1 aliphatic heterocycles. The summed E-state index contributed by atoms with van der Waals surface area (Å²) in [5.41, 5.74) is 5.33. The first-order chi connectivity index (χ1) is 20.1. The standard InChI is InChI=1S/C35H36F2N4/c36-30-14-10-28(11-15-30)32(29-12-16-31(37)17-13-29)8-5-21-40-22-18-26(19-23-40)24-34-39-33-9-4-20-38-35(33)41(34)25-27-6-2-1-3-7-27/h1-4,6-7,9-17,20,26,32H,5,8,18-19,21-25H2. The van der Waals surface area contributed by atoms with E-state index in [2.05, 4.69) is 44.8 Å². The van der Waals surface area contributed by atoms with Crippen LogP contribution >= 0.6 is 0 Å². The maximum absolute atomic E-state index is 13.6. The van der Waals surface area contributed by atoms with Gasteiger partial charge in [-0.15, -0.1) is 0 Å². The number of nitrogens with zero attached hydrogens (tertiary/aromatic N) is 4. The van der Waals surface area contributed by atoms with E-state index in [1.807, 2.05) is 42.6 Å². The predicted molar refractivity (Wildman–Crippen MR) is 160 cm³/mol. The third kappa shape index (κ3) is 6.71. The van der Waals surface area contributed by atoms with E-state index < -0.39 is 0 Å². The van der Waals surface area contributed by atoms with E-state index in [1.165, 1.54) is 29.8 Å². The topological polar surface area (TPSA) is 34.0 Å². The number of fused-ring (bicyclic) bond motifs is 1. The highest BCUT2D eigenvalue weighted by atomic mass is 19.1. The highest BCUT2D eigenvalue weighted by Crippen LogP contribution is 2.31. The van der Waals surface area contributed by atoms with E-state index in [4.69, 9.17) is 4.98 Å². The molecule has 6 heteroatoms. The average Bonchev–Trinajstić information content (AvgIpc) is 3.34. The van der Waals surface area contributed by atoms with Crippen molar-refractivity contribution in [2.75, 3.05) is 19.6 Å². The zero-order valence-corrected chi connectivity index (χ0v) is 23.3. The largest absolute Gasteiger partial charge is 0.308 e. The van der Waals surface area contributed by atoms with Gasteiger partial charge < -0.3 is 9.47 Å². The van der Waals surface area contributed by atoms with Gasteiger partial charge in [0, 0.05) is 18.5 Å². The molecule has 0 spiro atoms. The minimum atomic E-state index is -0.235. The van der Waals surface area contributed by atoms with Gasteiger partial charge in [0.05, 0.1) is 6.54 Å². The molecule has 0 unspecified atom stereocenters. The second-order valence-corrected chi connectivity index (χ2v) is 11.2. The Morgan fingerprint density at radius 3 is 2.10 bits per heavy atom. The Hall–Kier alpha value is -3.90. The quantitative estimate of drug-likeness (QED) is 0.179. The second kappa shape index (κ2) is 12.7. The van der Waals surface area contributed by atoms with Crippen LogP contribution < -0.4 is 0 Å². The Labute approximate surface area is 240 Å². The Kier molecular flexibility index (Phi) is 8.47. The fraction of sp³-hybridized carbons (Fsp3) is 0.314. The number of rotatable bonds is 10. The SMILES string of the molecule is Fc1ccc(C(CCCN2CCC(Cc3nc4cccnc4n3Cc3ccccc3)CC2)c2ccc(F)cc2)cc1. The van der Waals surface area contributed by atoms with E-state index >= 15 is 0 Å². The number of pyridine rings is 1. The summed E-state index contributed by atoms with van der Waals surface area (Å²) in [5, 5.41) is 0. The Balaban J connectivity index is 1.06. The van der Waals surface area contributed by atoms with E-state index in [-0.39, 0.29) is 17.6 Å². The molecule has 3 heterocycles.